The Bertz CT molecular complexity index is 330. The molecule has 0 amide bonds. The molecule has 1 aliphatic heterocycles. The molecule has 1 aromatic carbocycles. The van der Waals surface area contributed by atoms with Crippen molar-refractivity contribution in [3.05, 3.63) is 29.3 Å². The van der Waals surface area contributed by atoms with Crippen molar-refractivity contribution in [2.45, 2.75) is 20.1 Å². The lowest BCUT2D eigenvalue weighted by molar-refractivity contribution is -0.0445. The average Bonchev–Trinajstić information content (AvgIpc) is 2.71. The van der Waals surface area contributed by atoms with E-state index in [2.05, 4.69) is 0 Å². The van der Waals surface area contributed by atoms with Gasteiger partial charge in [-0.25, -0.2) is 0 Å². The van der Waals surface area contributed by atoms with Crippen LogP contribution in [0.2, 0.25) is 0 Å². The van der Waals surface area contributed by atoms with Crippen LogP contribution in [0.15, 0.2) is 18.2 Å². The molecule has 0 unspecified atom stereocenters. The zero-order valence-corrected chi connectivity index (χ0v) is 9.16. The molecule has 82 valence electrons. The Hall–Kier alpha value is -1.06. The maximum Gasteiger partial charge on any atom is 0.184 e. The third-order valence-corrected chi connectivity index (χ3v) is 2.43. The third-order valence-electron chi connectivity index (χ3n) is 2.43. The Morgan fingerprint density at radius 2 is 2.07 bits per heavy atom. The molecule has 1 aromatic rings. The van der Waals surface area contributed by atoms with Crippen LogP contribution in [-0.2, 0) is 9.47 Å². The van der Waals surface area contributed by atoms with Crippen LogP contribution in [0.1, 0.15) is 24.3 Å². The van der Waals surface area contributed by atoms with E-state index in [1.54, 1.807) is 0 Å². The molecule has 0 bridgehead atoms. The predicted octanol–water partition coefficient (Wildman–Crippen LogP) is 2.44. The highest BCUT2D eigenvalue weighted by atomic mass is 16.7. The van der Waals surface area contributed by atoms with Crippen LogP contribution in [0.3, 0.4) is 0 Å². The maximum atomic E-state index is 5.46. The molecule has 0 aromatic heterocycles. The fourth-order valence-corrected chi connectivity index (χ4v) is 1.71. The van der Waals surface area contributed by atoms with Crippen molar-refractivity contribution >= 4 is 0 Å². The van der Waals surface area contributed by atoms with E-state index < -0.39 is 0 Å². The van der Waals surface area contributed by atoms with Crippen molar-refractivity contribution in [2.75, 3.05) is 19.8 Å². The predicted molar refractivity (Wildman–Crippen MR) is 57.0 cm³/mol. The lowest BCUT2D eigenvalue weighted by Crippen LogP contribution is -2.01. The van der Waals surface area contributed by atoms with Crippen molar-refractivity contribution in [3.8, 4) is 5.75 Å². The van der Waals surface area contributed by atoms with E-state index in [9.17, 15) is 0 Å². The number of ether oxygens (including phenoxy) is 3. The van der Waals surface area contributed by atoms with E-state index in [4.69, 9.17) is 14.2 Å². The van der Waals surface area contributed by atoms with Gasteiger partial charge in [-0.3, -0.25) is 0 Å². The van der Waals surface area contributed by atoms with Crippen LogP contribution < -0.4 is 4.74 Å². The van der Waals surface area contributed by atoms with Gasteiger partial charge in [0.05, 0.1) is 19.8 Å². The number of benzene rings is 1. The van der Waals surface area contributed by atoms with Gasteiger partial charge in [0.25, 0.3) is 0 Å². The molecule has 0 atom stereocenters. The molecule has 1 heterocycles. The molecule has 0 aliphatic carbocycles. The van der Waals surface area contributed by atoms with Crippen LogP contribution in [0.4, 0.5) is 0 Å². The highest BCUT2D eigenvalue weighted by Gasteiger charge is 2.19. The van der Waals surface area contributed by atoms with Gasteiger partial charge >= 0.3 is 0 Å². The van der Waals surface area contributed by atoms with Crippen LogP contribution in [0.25, 0.3) is 0 Å². The first kappa shape index (κ1) is 10.5. The molecular weight excluding hydrogens is 192 g/mol. The average molecular weight is 208 g/mol. The molecule has 0 saturated carbocycles. The molecule has 2 rings (SSSR count). The summed E-state index contributed by atoms with van der Waals surface area (Å²) in [7, 11) is 0. The number of aryl methyl sites for hydroxylation is 1. The molecule has 3 nitrogen and oxygen atoms in total. The standard InChI is InChI=1S/C12H16O3/c1-3-13-10-4-5-11(9(2)8-10)12-14-6-7-15-12/h4-5,8,12H,3,6-7H2,1-2H3. The second-order valence-electron chi connectivity index (χ2n) is 3.52. The van der Waals surface area contributed by atoms with Crippen LogP contribution >= 0.6 is 0 Å². The first-order valence-corrected chi connectivity index (χ1v) is 5.28. The van der Waals surface area contributed by atoms with Gasteiger partial charge in [0, 0.05) is 5.56 Å². The van der Waals surface area contributed by atoms with Crippen molar-refractivity contribution in [1.82, 2.24) is 0 Å². The molecule has 1 saturated heterocycles. The molecule has 1 aliphatic rings. The highest BCUT2D eigenvalue weighted by molar-refractivity contribution is 5.35. The smallest absolute Gasteiger partial charge is 0.184 e. The molecule has 0 spiro atoms. The van der Waals surface area contributed by atoms with E-state index in [1.807, 2.05) is 32.0 Å². The molecule has 0 radical (unpaired) electrons. The fraction of sp³-hybridized carbons (Fsp3) is 0.500. The Morgan fingerprint density at radius 3 is 2.67 bits per heavy atom. The number of hydrogen-bond acceptors (Lipinski definition) is 3. The minimum absolute atomic E-state index is 0.194. The number of hydrogen-bond donors (Lipinski definition) is 0. The monoisotopic (exact) mass is 208 g/mol. The minimum Gasteiger partial charge on any atom is -0.494 e. The second-order valence-corrected chi connectivity index (χ2v) is 3.52. The largest absolute Gasteiger partial charge is 0.494 e. The topological polar surface area (TPSA) is 27.7 Å². The van der Waals surface area contributed by atoms with Gasteiger partial charge < -0.3 is 14.2 Å². The van der Waals surface area contributed by atoms with Crippen LogP contribution in [-0.4, -0.2) is 19.8 Å². The first-order valence-electron chi connectivity index (χ1n) is 5.28. The zero-order chi connectivity index (χ0) is 10.7. The SMILES string of the molecule is CCOc1ccc(C2OCCO2)c(C)c1. The van der Waals surface area contributed by atoms with E-state index in [-0.39, 0.29) is 6.29 Å². The lowest BCUT2D eigenvalue weighted by Gasteiger charge is -2.13. The normalized spacial score (nSPS) is 16.9. The van der Waals surface area contributed by atoms with Crippen LogP contribution in [0, 0.1) is 6.92 Å². The Labute approximate surface area is 90.0 Å². The van der Waals surface area contributed by atoms with Crippen molar-refractivity contribution in [2.24, 2.45) is 0 Å². The second kappa shape index (κ2) is 4.64. The lowest BCUT2D eigenvalue weighted by atomic mass is 10.1. The van der Waals surface area contributed by atoms with Crippen molar-refractivity contribution < 1.29 is 14.2 Å². The summed E-state index contributed by atoms with van der Waals surface area (Å²) in [6, 6.07) is 5.98. The molecule has 3 heteroatoms. The van der Waals surface area contributed by atoms with Gasteiger partial charge in [-0.05, 0) is 31.5 Å². The summed E-state index contributed by atoms with van der Waals surface area (Å²) in [5.41, 5.74) is 2.24. The first-order chi connectivity index (χ1) is 7.31. The summed E-state index contributed by atoms with van der Waals surface area (Å²) < 4.78 is 16.3. The number of rotatable bonds is 3. The van der Waals surface area contributed by atoms with Gasteiger partial charge in [-0.1, -0.05) is 6.07 Å². The highest BCUT2D eigenvalue weighted by Crippen LogP contribution is 2.28. The minimum atomic E-state index is -0.194. The summed E-state index contributed by atoms with van der Waals surface area (Å²) in [4.78, 5) is 0. The fourth-order valence-electron chi connectivity index (χ4n) is 1.71. The van der Waals surface area contributed by atoms with Gasteiger partial charge in [0.2, 0.25) is 0 Å². The van der Waals surface area contributed by atoms with E-state index in [0.29, 0.717) is 19.8 Å². The van der Waals surface area contributed by atoms with E-state index in [0.717, 1.165) is 16.9 Å². The van der Waals surface area contributed by atoms with E-state index in [1.165, 1.54) is 0 Å². The summed E-state index contributed by atoms with van der Waals surface area (Å²) in [5.74, 6) is 0.900. The summed E-state index contributed by atoms with van der Waals surface area (Å²) in [5, 5.41) is 0. The maximum absolute atomic E-state index is 5.46. The van der Waals surface area contributed by atoms with Crippen molar-refractivity contribution in [3.63, 3.8) is 0 Å². The van der Waals surface area contributed by atoms with Gasteiger partial charge in [-0.15, -0.1) is 0 Å². The Kier molecular flexibility index (Phi) is 3.23. The summed E-state index contributed by atoms with van der Waals surface area (Å²) in [6.07, 6.45) is -0.194. The summed E-state index contributed by atoms with van der Waals surface area (Å²) in [6.45, 7) is 6.07. The Balaban J connectivity index is 2.18. The molecular formula is C12H16O3. The van der Waals surface area contributed by atoms with Crippen LogP contribution in [0.5, 0.6) is 5.75 Å². The Morgan fingerprint density at radius 1 is 1.33 bits per heavy atom. The van der Waals surface area contributed by atoms with Crippen molar-refractivity contribution in [1.29, 1.82) is 0 Å². The molecule has 0 N–H and O–H groups in total. The van der Waals surface area contributed by atoms with Gasteiger partial charge in [0.1, 0.15) is 5.75 Å². The zero-order valence-electron chi connectivity index (χ0n) is 9.16. The molecule has 15 heavy (non-hydrogen) atoms. The molecule has 1 fully saturated rings. The van der Waals surface area contributed by atoms with Gasteiger partial charge in [-0.2, -0.15) is 0 Å². The quantitative estimate of drug-likeness (QED) is 0.763. The van der Waals surface area contributed by atoms with E-state index >= 15 is 0 Å². The summed E-state index contributed by atoms with van der Waals surface area (Å²) >= 11 is 0. The van der Waals surface area contributed by atoms with Gasteiger partial charge in [0.15, 0.2) is 6.29 Å². The third kappa shape index (κ3) is 2.30.